The molecular formula is C8H8Br2OS. The molecule has 0 radical (unpaired) electrons. The lowest BCUT2D eigenvalue weighted by Gasteiger charge is -1.90. The van der Waals surface area contributed by atoms with E-state index in [0.29, 0.717) is 6.42 Å². The molecule has 0 saturated heterocycles. The van der Waals surface area contributed by atoms with E-state index in [-0.39, 0.29) is 5.78 Å². The van der Waals surface area contributed by atoms with E-state index < -0.39 is 0 Å². The van der Waals surface area contributed by atoms with E-state index in [2.05, 4.69) is 31.9 Å². The van der Waals surface area contributed by atoms with Crippen molar-refractivity contribution in [3.8, 4) is 0 Å². The van der Waals surface area contributed by atoms with Gasteiger partial charge in [-0.1, -0.05) is 6.92 Å². The molecule has 1 aromatic rings. The number of ketones is 1. The fourth-order valence-corrected chi connectivity index (χ4v) is 2.84. The molecular weight excluding hydrogens is 304 g/mol. The Morgan fingerprint density at radius 1 is 1.58 bits per heavy atom. The van der Waals surface area contributed by atoms with Gasteiger partial charge in [0.1, 0.15) is 0 Å². The molecule has 0 amide bonds. The minimum absolute atomic E-state index is 0.230. The summed E-state index contributed by atoms with van der Waals surface area (Å²) in [6.45, 7) is 2.01. The monoisotopic (exact) mass is 310 g/mol. The summed E-state index contributed by atoms with van der Waals surface area (Å²) in [5.41, 5.74) is 0. The largest absolute Gasteiger partial charge is 0.293 e. The molecule has 0 spiro atoms. The van der Waals surface area contributed by atoms with Crippen molar-refractivity contribution in [3.63, 3.8) is 0 Å². The number of carbonyl (C=O) groups excluding carboxylic acids is 1. The predicted octanol–water partition coefficient (Wildman–Crippen LogP) is 4.26. The second-order valence-electron chi connectivity index (χ2n) is 2.41. The molecule has 1 aromatic heterocycles. The number of halogens is 2. The van der Waals surface area contributed by atoms with Crippen LogP contribution >= 0.6 is 43.2 Å². The highest BCUT2D eigenvalue weighted by molar-refractivity contribution is 9.13. The van der Waals surface area contributed by atoms with Crippen LogP contribution in [0.1, 0.15) is 29.4 Å². The summed E-state index contributed by atoms with van der Waals surface area (Å²) >= 11 is 8.18. The third-order valence-corrected chi connectivity index (χ3v) is 4.69. The van der Waals surface area contributed by atoms with Crippen molar-refractivity contribution in [1.82, 2.24) is 0 Å². The van der Waals surface area contributed by atoms with Gasteiger partial charge in [0.25, 0.3) is 0 Å². The van der Waals surface area contributed by atoms with Crippen molar-refractivity contribution >= 4 is 49.0 Å². The normalized spacial score (nSPS) is 10.2. The Morgan fingerprint density at radius 3 is 2.67 bits per heavy atom. The van der Waals surface area contributed by atoms with Crippen LogP contribution in [0.25, 0.3) is 0 Å². The Morgan fingerprint density at radius 2 is 2.25 bits per heavy atom. The Labute approximate surface area is 92.4 Å². The van der Waals surface area contributed by atoms with Crippen LogP contribution in [0.15, 0.2) is 14.3 Å². The van der Waals surface area contributed by atoms with Gasteiger partial charge < -0.3 is 0 Å². The molecule has 0 unspecified atom stereocenters. The van der Waals surface area contributed by atoms with Crippen molar-refractivity contribution in [2.45, 2.75) is 19.8 Å². The number of carbonyl (C=O) groups is 1. The minimum atomic E-state index is 0.230. The molecule has 0 aliphatic carbocycles. The van der Waals surface area contributed by atoms with Gasteiger partial charge >= 0.3 is 0 Å². The first-order valence-corrected chi connectivity index (χ1v) is 6.03. The van der Waals surface area contributed by atoms with Crippen LogP contribution in [0.4, 0.5) is 0 Å². The van der Waals surface area contributed by atoms with Crippen LogP contribution in [0, 0.1) is 0 Å². The Kier molecular flexibility index (Phi) is 3.93. The third kappa shape index (κ3) is 2.41. The summed E-state index contributed by atoms with van der Waals surface area (Å²) in [5.74, 6) is 0.230. The average molecular weight is 312 g/mol. The fourth-order valence-electron chi connectivity index (χ4n) is 0.834. The molecule has 1 rings (SSSR count). The standard InChI is InChI=1S/C8H8Br2OS/c1-2-3-6(11)7-4-5(9)8(10)12-7/h4H,2-3H2,1H3. The molecule has 1 nitrogen and oxygen atoms in total. The number of Topliss-reactive ketones (excluding diaryl/α,β-unsaturated/α-hetero) is 1. The van der Waals surface area contributed by atoms with Crippen LogP contribution in [0.2, 0.25) is 0 Å². The zero-order chi connectivity index (χ0) is 9.14. The highest BCUT2D eigenvalue weighted by Gasteiger charge is 2.10. The number of thiophene rings is 1. The SMILES string of the molecule is CCCC(=O)c1cc(Br)c(Br)s1. The lowest BCUT2D eigenvalue weighted by atomic mass is 10.2. The Hall–Kier alpha value is 0.330. The Bertz CT molecular complexity index is 274. The first-order valence-electron chi connectivity index (χ1n) is 3.63. The molecule has 0 fully saturated rings. The highest BCUT2D eigenvalue weighted by atomic mass is 79.9. The molecule has 4 heteroatoms. The van der Waals surface area contributed by atoms with Gasteiger partial charge in [0, 0.05) is 10.9 Å². The maximum atomic E-state index is 11.4. The summed E-state index contributed by atoms with van der Waals surface area (Å²) < 4.78 is 1.95. The van der Waals surface area contributed by atoms with Gasteiger partial charge in [0.2, 0.25) is 0 Å². The van der Waals surface area contributed by atoms with Crippen molar-refractivity contribution in [2.24, 2.45) is 0 Å². The molecule has 0 aliphatic heterocycles. The van der Waals surface area contributed by atoms with E-state index >= 15 is 0 Å². The first kappa shape index (κ1) is 10.4. The molecule has 0 N–H and O–H groups in total. The number of hydrogen-bond acceptors (Lipinski definition) is 2. The maximum Gasteiger partial charge on any atom is 0.172 e. The van der Waals surface area contributed by atoms with Crippen LogP contribution in [0.3, 0.4) is 0 Å². The van der Waals surface area contributed by atoms with Gasteiger partial charge in [-0.2, -0.15) is 0 Å². The van der Waals surface area contributed by atoms with Crippen molar-refractivity contribution < 1.29 is 4.79 Å². The van der Waals surface area contributed by atoms with Crippen LogP contribution in [-0.2, 0) is 0 Å². The van der Waals surface area contributed by atoms with Crippen LogP contribution in [-0.4, -0.2) is 5.78 Å². The van der Waals surface area contributed by atoms with Gasteiger partial charge in [-0.15, -0.1) is 11.3 Å². The third-order valence-electron chi connectivity index (χ3n) is 1.40. The van der Waals surface area contributed by atoms with Gasteiger partial charge in [0.15, 0.2) is 5.78 Å². The van der Waals surface area contributed by atoms with Gasteiger partial charge in [-0.25, -0.2) is 0 Å². The molecule has 12 heavy (non-hydrogen) atoms. The lowest BCUT2D eigenvalue weighted by Crippen LogP contribution is -1.93. The second-order valence-corrected chi connectivity index (χ2v) is 5.63. The molecule has 0 aliphatic rings. The smallest absolute Gasteiger partial charge is 0.172 e. The Balaban J connectivity index is 2.82. The summed E-state index contributed by atoms with van der Waals surface area (Å²) in [6.07, 6.45) is 1.55. The van der Waals surface area contributed by atoms with Gasteiger partial charge in [-0.05, 0) is 44.3 Å². The summed E-state index contributed by atoms with van der Waals surface area (Å²) in [6, 6.07) is 1.87. The summed E-state index contributed by atoms with van der Waals surface area (Å²) in [5, 5.41) is 0. The van der Waals surface area contributed by atoms with Gasteiger partial charge in [0.05, 0.1) is 8.66 Å². The molecule has 0 atom stereocenters. The highest BCUT2D eigenvalue weighted by Crippen LogP contribution is 2.32. The fraction of sp³-hybridized carbons (Fsp3) is 0.375. The molecule has 1 heterocycles. The molecule has 0 bridgehead atoms. The van der Waals surface area contributed by atoms with Crippen molar-refractivity contribution in [1.29, 1.82) is 0 Å². The molecule has 66 valence electrons. The van der Waals surface area contributed by atoms with Gasteiger partial charge in [-0.3, -0.25) is 4.79 Å². The number of hydrogen-bond donors (Lipinski definition) is 0. The van der Waals surface area contributed by atoms with E-state index in [1.807, 2.05) is 13.0 Å². The van der Waals surface area contributed by atoms with E-state index in [0.717, 1.165) is 19.6 Å². The molecule has 0 aromatic carbocycles. The second kappa shape index (κ2) is 4.53. The maximum absolute atomic E-state index is 11.4. The van der Waals surface area contributed by atoms with Crippen LogP contribution in [0.5, 0.6) is 0 Å². The average Bonchev–Trinajstić information content (AvgIpc) is 2.33. The van der Waals surface area contributed by atoms with Crippen molar-refractivity contribution in [2.75, 3.05) is 0 Å². The number of rotatable bonds is 3. The zero-order valence-corrected chi connectivity index (χ0v) is 10.6. The lowest BCUT2D eigenvalue weighted by molar-refractivity contribution is 0.0985. The van der Waals surface area contributed by atoms with Crippen molar-refractivity contribution in [3.05, 3.63) is 19.2 Å². The quantitative estimate of drug-likeness (QED) is 0.762. The minimum Gasteiger partial charge on any atom is -0.293 e. The summed E-state index contributed by atoms with van der Waals surface area (Å²) in [7, 11) is 0. The van der Waals surface area contributed by atoms with Crippen LogP contribution < -0.4 is 0 Å². The van der Waals surface area contributed by atoms with E-state index in [4.69, 9.17) is 0 Å². The van der Waals surface area contributed by atoms with E-state index in [9.17, 15) is 4.79 Å². The summed E-state index contributed by atoms with van der Waals surface area (Å²) in [4.78, 5) is 12.2. The first-order chi connectivity index (χ1) is 5.65. The predicted molar refractivity (Wildman–Crippen MR) is 59.0 cm³/mol. The van der Waals surface area contributed by atoms with E-state index in [1.54, 1.807) is 0 Å². The van der Waals surface area contributed by atoms with E-state index in [1.165, 1.54) is 11.3 Å². The zero-order valence-electron chi connectivity index (χ0n) is 6.56. The topological polar surface area (TPSA) is 17.1 Å². The molecule has 0 saturated carbocycles.